The lowest BCUT2D eigenvalue weighted by Crippen LogP contribution is -2.00. The monoisotopic (exact) mass is 293 g/mol. The summed E-state index contributed by atoms with van der Waals surface area (Å²) < 4.78 is 20.6. The number of methoxy groups -OCH3 is 3. The first kappa shape index (κ1) is 14.9. The Hall–Kier alpha value is -2.54. The number of carboxylic acid groups (broad SMARTS) is 1. The zero-order valence-electron chi connectivity index (χ0n) is 11.9. The fourth-order valence-corrected chi connectivity index (χ4v) is 1.85. The molecule has 112 valence electrons. The highest BCUT2D eigenvalue weighted by molar-refractivity contribution is 5.86. The molecule has 7 heteroatoms. The number of rotatable bonds is 6. The lowest BCUT2D eigenvalue weighted by atomic mass is 10.2. The number of nitrogens with zero attached hydrogens (tertiary/aromatic N) is 1. The average Bonchev–Trinajstić information content (AvgIpc) is 2.91. The normalized spacial score (nSPS) is 10.4. The van der Waals surface area contributed by atoms with Gasteiger partial charge in [-0.3, -0.25) is 0 Å². The largest absolute Gasteiger partial charge is 0.493 e. The maximum Gasteiger partial charge on any atom is 0.373 e. The van der Waals surface area contributed by atoms with E-state index in [4.69, 9.17) is 23.7 Å². The number of ether oxygens (including phenoxy) is 3. The number of carboxylic acids is 1. The third-order valence-corrected chi connectivity index (χ3v) is 2.80. The Morgan fingerprint density at radius 2 is 1.95 bits per heavy atom. The van der Waals surface area contributed by atoms with E-state index < -0.39 is 5.97 Å². The van der Waals surface area contributed by atoms with E-state index in [1.54, 1.807) is 18.2 Å². The minimum atomic E-state index is -1.19. The van der Waals surface area contributed by atoms with Gasteiger partial charge in [0.25, 0.3) is 0 Å². The van der Waals surface area contributed by atoms with Crippen LogP contribution >= 0.6 is 0 Å². The summed E-state index contributed by atoms with van der Waals surface area (Å²) in [5.41, 5.74) is 0.812. The van der Waals surface area contributed by atoms with Crippen LogP contribution in [-0.4, -0.2) is 37.4 Å². The van der Waals surface area contributed by atoms with E-state index in [-0.39, 0.29) is 24.0 Å². The SMILES string of the molecule is COCc1nc(-c2ccc(OC)c(OC)c2)oc1C(=O)O. The molecule has 21 heavy (non-hydrogen) atoms. The summed E-state index contributed by atoms with van der Waals surface area (Å²) in [6.45, 7) is 0.0540. The van der Waals surface area contributed by atoms with E-state index in [1.165, 1.54) is 21.3 Å². The molecule has 0 atom stereocenters. The quantitative estimate of drug-likeness (QED) is 0.872. The molecule has 7 nitrogen and oxygen atoms in total. The van der Waals surface area contributed by atoms with E-state index in [2.05, 4.69) is 4.98 Å². The van der Waals surface area contributed by atoms with E-state index in [9.17, 15) is 4.79 Å². The Balaban J connectivity index is 2.46. The number of aromatic nitrogens is 1. The molecule has 0 saturated heterocycles. The highest BCUT2D eigenvalue weighted by Crippen LogP contribution is 2.32. The maximum atomic E-state index is 11.1. The van der Waals surface area contributed by atoms with Crippen LogP contribution < -0.4 is 9.47 Å². The van der Waals surface area contributed by atoms with Gasteiger partial charge in [0.1, 0.15) is 5.69 Å². The van der Waals surface area contributed by atoms with Crippen molar-refractivity contribution in [2.45, 2.75) is 6.61 Å². The van der Waals surface area contributed by atoms with Crippen LogP contribution in [0.3, 0.4) is 0 Å². The fourth-order valence-electron chi connectivity index (χ4n) is 1.85. The first-order valence-electron chi connectivity index (χ1n) is 6.05. The summed E-state index contributed by atoms with van der Waals surface area (Å²) in [7, 11) is 4.49. The van der Waals surface area contributed by atoms with Gasteiger partial charge in [-0.2, -0.15) is 0 Å². The third kappa shape index (κ3) is 2.97. The molecule has 0 fully saturated rings. The summed E-state index contributed by atoms with van der Waals surface area (Å²) in [4.78, 5) is 15.3. The van der Waals surface area contributed by atoms with Gasteiger partial charge >= 0.3 is 5.97 Å². The van der Waals surface area contributed by atoms with Crippen LogP contribution in [0.5, 0.6) is 11.5 Å². The second-order valence-corrected chi connectivity index (χ2v) is 4.10. The highest BCUT2D eigenvalue weighted by Gasteiger charge is 2.21. The molecule has 0 spiro atoms. The highest BCUT2D eigenvalue weighted by atomic mass is 16.5. The van der Waals surface area contributed by atoms with Crippen LogP contribution in [0.1, 0.15) is 16.2 Å². The zero-order valence-corrected chi connectivity index (χ0v) is 11.9. The predicted molar refractivity (Wildman–Crippen MR) is 72.7 cm³/mol. The standard InChI is InChI=1S/C14H15NO6/c1-18-7-9-12(14(16)17)21-13(15-9)8-4-5-10(19-2)11(6-8)20-3/h4-6H,7H2,1-3H3,(H,16,17). The van der Waals surface area contributed by atoms with Crippen LogP contribution in [0, 0.1) is 0 Å². The summed E-state index contributed by atoms with van der Waals surface area (Å²) in [6, 6.07) is 5.05. The molecular formula is C14H15NO6. The number of aromatic carboxylic acids is 1. The van der Waals surface area contributed by atoms with Crippen LogP contribution in [0.15, 0.2) is 22.6 Å². The summed E-state index contributed by atoms with van der Waals surface area (Å²) in [5.74, 6) is -0.190. The van der Waals surface area contributed by atoms with Gasteiger partial charge in [-0.1, -0.05) is 0 Å². The van der Waals surface area contributed by atoms with Gasteiger partial charge < -0.3 is 23.7 Å². The Morgan fingerprint density at radius 1 is 1.24 bits per heavy atom. The van der Waals surface area contributed by atoms with Gasteiger partial charge in [0, 0.05) is 12.7 Å². The lowest BCUT2D eigenvalue weighted by Gasteiger charge is -2.07. The van der Waals surface area contributed by atoms with Crippen molar-refractivity contribution in [3.05, 3.63) is 29.7 Å². The van der Waals surface area contributed by atoms with E-state index in [0.29, 0.717) is 17.1 Å². The van der Waals surface area contributed by atoms with Crippen LogP contribution in [-0.2, 0) is 11.3 Å². The Labute approximate surface area is 121 Å². The van der Waals surface area contributed by atoms with Crippen molar-refractivity contribution in [3.63, 3.8) is 0 Å². The van der Waals surface area contributed by atoms with Crippen molar-refractivity contribution in [3.8, 4) is 23.0 Å². The molecule has 2 aromatic rings. The first-order valence-corrected chi connectivity index (χ1v) is 6.05. The molecule has 0 radical (unpaired) electrons. The molecule has 0 aliphatic heterocycles. The summed E-state index contributed by atoms with van der Waals surface area (Å²) in [5, 5.41) is 9.10. The average molecular weight is 293 g/mol. The number of hydrogen-bond acceptors (Lipinski definition) is 6. The van der Waals surface area contributed by atoms with Crippen molar-refractivity contribution >= 4 is 5.97 Å². The van der Waals surface area contributed by atoms with Gasteiger partial charge in [-0.25, -0.2) is 9.78 Å². The number of oxazole rings is 1. The molecule has 1 aromatic carbocycles. The molecule has 1 N–H and O–H groups in total. The number of carbonyl (C=O) groups is 1. The molecule has 0 unspecified atom stereocenters. The van der Waals surface area contributed by atoms with Gasteiger partial charge in [-0.15, -0.1) is 0 Å². The Morgan fingerprint density at radius 3 is 2.52 bits per heavy atom. The number of hydrogen-bond donors (Lipinski definition) is 1. The van der Waals surface area contributed by atoms with Crippen LogP contribution in [0.2, 0.25) is 0 Å². The zero-order chi connectivity index (χ0) is 15.4. The minimum Gasteiger partial charge on any atom is -0.493 e. The molecule has 0 bridgehead atoms. The topological polar surface area (TPSA) is 91.0 Å². The summed E-state index contributed by atoms with van der Waals surface area (Å²) >= 11 is 0. The maximum absolute atomic E-state index is 11.1. The van der Waals surface area contributed by atoms with E-state index >= 15 is 0 Å². The Bertz CT molecular complexity index is 649. The third-order valence-electron chi connectivity index (χ3n) is 2.80. The predicted octanol–water partition coefficient (Wildman–Crippen LogP) is 2.20. The minimum absolute atomic E-state index is 0.0540. The number of benzene rings is 1. The second kappa shape index (κ2) is 6.27. The fraction of sp³-hybridized carbons (Fsp3) is 0.286. The van der Waals surface area contributed by atoms with Crippen molar-refractivity contribution in [2.24, 2.45) is 0 Å². The summed E-state index contributed by atoms with van der Waals surface area (Å²) in [6.07, 6.45) is 0. The van der Waals surface area contributed by atoms with Gasteiger partial charge in [0.05, 0.1) is 20.8 Å². The van der Waals surface area contributed by atoms with Gasteiger partial charge in [0.2, 0.25) is 11.7 Å². The van der Waals surface area contributed by atoms with E-state index in [0.717, 1.165) is 0 Å². The molecule has 2 rings (SSSR count). The van der Waals surface area contributed by atoms with E-state index in [1.807, 2.05) is 0 Å². The smallest absolute Gasteiger partial charge is 0.373 e. The lowest BCUT2D eigenvalue weighted by molar-refractivity contribution is 0.0656. The van der Waals surface area contributed by atoms with Crippen molar-refractivity contribution in [1.29, 1.82) is 0 Å². The van der Waals surface area contributed by atoms with Gasteiger partial charge in [0.15, 0.2) is 11.5 Å². The van der Waals surface area contributed by atoms with Gasteiger partial charge in [-0.05, 0) is 18.2 Å². The Kier molecular flexibility index (Phi) is 4.44. The second-order valence-electron chi connectivity index (χ2n) is 4.10. The molecule has 1 aromatic heterocycles. The molecular weight excluding hydrogens is 278 g/mol. The molecule has 1 heterocycles. The van der Waals surface area contributed by atoms with Crippen molar-refractivity contribution in [2.75, 3.05) is 21.3 Å². The molecule has 0 aliphatic carbocycles. The molecule has 0 aliphatic rings. The first-order chi connectivity index (χ1) is 10.1. The van der Waals surface area contributed by atoms with Crippen LogP contribution in [0.4, 0.5) is 0 Å². The van der Waals surface area contributed by atoms with Crippen molar-refractivity contribution in [1.82, 2.24) is 4.98 Å². The molecule has 0 saturated carbocycles. The van der Waals surface area contributed by atoms with Crippen LogP contribution in [0.25, 0.3) is 11.5 Å². The molecule has 0 amide bonds. The van der Waals surface area contributed by atoms with Crippen molar-refractivity contribution < 1.29 is 28.5 Å².